The first kappa shape index (κ1) is 18.9. The molecular formula is C21H28N4O3. The van der Waals surface area contributed by atoms with Crippen LogP contribution in [0.25, 0.3) is 0 Å². The summed E-state index contributed by atoms with van der Waals surface area (Å²) in [5.41, 5.74) is 1.50. The van der Waals surface area contributed by atoms with Crippen LogP contribution in [0.2, 0.25) is 0 Å². The second kappa shape index (κ2) is 8.31. The molecule has 0 amide bonds. The minimum atomic E-state index is -0.250. The summed E-state index contributed by atoms with van der Waals surface area (Å²) in [7, 11) is 0. The average molecular weight is 384 g/mol. The molecule has 2 bridgehead atoms. The van der Waals surface area contributed by atoms with Gasteiger partial charge in [-0.05, 0) is 48.2 Å². The van der Waals surface area contributed by atoms with E-state index in [1.165, 1.54) is 37.8 Å². The van der Waals surface area contributed by atoms with Gasteiger partial charge < -0.3 is 14.5 Å². The molecule has 0 radical (unpaired) electrons. The van der Waals surface area contributed by atoms with Crippen molar-refractivity contribution in [1.82, 2.24) is 15.0 Å². The highest BCUT2D eigenvalue weighted by molar-refractivity contribution is 5.32. The van der Waals surface area contributed by atoms with E-state index in [0.29, 0.717) is 23.9 Å². The summed E-state index contributed by atoms with van der Waals surface area (Å²) in [5, 5.41) is 11.0. The van der Waals surface area contributed by atoms with Crippen molar-refractivity contribution < 1.29 is 14.4 Å². The second-order valence-corrected chi connectivity index (χ2v) is 8.11. The Labute approximate surface area is 165 Å². The fraction of sp³-hybridized carbons (Fsp3) is 0.571. The Morgan fingerprint density at radius 2 is 1.96 bits per heavy atom. The van der Waals surface area contributed by atoms with E-state index < -0.39 is 0 Å². The van der Waals surface area contributed by atoms with Gasteiger partial charge in [-0.3, -0.25) is 9.69 Å². The van der Waals surface area contributed by atoms with E-state index in [4.69, 9.17) is 14.4 Å². The maximum atomic E-state index is 8.36. The predicted octanol–water partition coefficient (Wildman–Crippen LogP) is 3.13. The summed E-state index contributed by atoms with van der Waals surface area (Å²) in [5.74, 6) is 2.88. The first-order valence-electron chi connectivity index (χ1n) is 10.1. The molecule has 0 aliphatic carbocycles. The molecule has 1 N–H and O–H groups in total. The molecule has 1 aromatic heterocycles. The van der Waals surface area contributed by atoms with E-state index >= 15 is 0 Å². The number of fused-ring (bicyclic) bond motifs is 4. The third-order valence-corrected chi connectivity index (χ3v) is 6.37. The van der Waals surface area contributed by atoms with Gasteiger partial charge >= 0.3 is 0 Å². The molecule has 0 saturated carbocycles. The highest BCUT2D eigenvalue weighted by Crippen LogP contribution is 2.44. The van der Waals surface area contributed by atoms with Crippen LogP contribution < -0.4 is 4.90 Å². The molecule has 3 fully saturated rings. The van der Waals surface area contributed by atoms with Gasteiger partial charge in [0.1, 0.15) is 0 Å². The largest absolute Gasteiger partial charge is 0.483 e. The lowest BCUT2D eigenvalue weighted by atomic mass is 9.74. The average Bonchev–Trinajstić information content (AvgIpc) is 3.15. The number of benzene rings is 1. The van der Waals surface area contributed by atoms with Gasteiger partial charge in [0, 0.05) is 38.6 Å². The van der Waals surface area contributed by atoms with E-state index in [0.717, 1.165) is 25.0 Å². The molecule has 28 heavy (non-hydrogen) atoms. The van der Waals surface area contributed by atoms with Crippen LogP contribution >= 0.6 is 0 Å². The molecule has 4 atom stereocenters. The molecule has 150 valence electrons. The van der Waals surface area contributed by atoms with Gasteiger partial charge in [0.05, 0.1) is 0 Å². The number of hydrogen-bond donors (Lipinski definition) is 1. The van der Waals surface area contributed by atoms with Crippen molar-refractivity contribution >= 4 is 12.4 Å². The van der Waals surface area contributed by atoms with Crippen LogP contribution in [-0.4, -0.2) is 52.3 Å². The van der Waals surface area contributed by atoms with Gasteiger partial charge in [0.2, 0.25) is 5.89 Å². The van der Waals surface area contributed by atoms with E-state index in [1.807, 2.05) is 6.92 Å². The van der Waals surface area contributed by atoms with Crippen LogP contribution in [0.3, 0.4) is 0 Å². The molecule has 1 aromatic carbocycles. The minimum absolute atomic E-state index is 0.250. The number of aryl methyl sites for hydroxylation is 1. The fourth-order valence-electron chi connectivity index (χ4n) is 5.42. The van der Waals surface area contributed by atoms with Crippen molar-refractivity contribution in [3.05, 3.63) is 41.8 Å². The summed E-state index contributed by atoms with van der Waals surface area (Å²) in [4.78, 5) is 18.0. The number of aromatic nitrogens is 2. The summed E-state index contributed by atoms with van der Waals surface area (Å²) in [6, 6.07) is 12.4. The molecule has 7 heteroatoms. The first-order chi connectivity index (χ1) is 13.7. The fourth-order valence-corrected chi connectivity index (χ4v) is 5.42. The first-order valence-corrected chi connectivity index (χ1v) is 10.1. The van der Waals surface area contributed by atoms with Crippen molar-refractivity contribution in [3.63, 3.8) is 0 Å². The zero-order chi connectivity index (χ0) is 19.5. The van der Waals surface area contributed by atoms with Gasteiger partial charge in [-0.25, -0.2) is 0 Å². The minimum Gasteiger partial charge on any atom is -0.483 e. The van der Waals surface area contributed by atoms with Gasteiger partial charge in [0.15, 0.2) is 0 Å². The lowest BCUT2D eigenvalue weighted by molar-refractivity contribution is -0.122. The second-order valence-electron chi connectivity index (χ2n) is 8.11. The Balaban J connectivity index is 0.000000604. The molecule has 5 rings (SSSR count). The maximum absolute atomic E-state index is 8.36. The third-order valence-electron chi connectivity index (χ3n) is 6.37. The van der Waals surface area contributed by atoms with Crippen LogP contribution in [0.5, 0.6) is 0 Å². The Kier molecular flexibility index (Phi) is 5.62. The Bertz CT molecular complexity index is 781. The van der Waals surface area contributed by atoms with E-state index in [-0.39, 0.29) is 6.47 Å². The number of hydrogen-bond acceptors (Lipinski definition) is 6. The standard InChI is InChI=1S/C20H26N4O.CH2O2/c1-14-21-20(22-25-14)23-11-15-10-17(13-23)19-9-5-8-18(24(19)12-15)16-6-3-2-4-7-16;2-1-3/h2-4,6-7,15,17-19H,5,8-13H2,1H3;1H,(H,2,3)/t15-,17+,18+,19-;/m0./s1. The number of carbonyl (C=O) groups is 1. The van der Waals surface area contributed by atoms with Crippen molar-refractivity contribution in [2.75, 3.05) is 24.5 Å². The molecular weight excluding hydrogens is 356 g/mol. The van der Waals surface area contributed by atoms with Gasteiger partial charge in [0.25, 0.3) is 12.4 Å². The monoisotopic (exact) mass is 384 g/mol. The van der Waals surface area contributed by atoms with Crippen molar-refractivity contribution in [2.24, 2.45) is 11.8 Å². The molecule has 7 nitrogen and oxygen atoms in total. The molecule has 2 aromatic rings. The SMILES string of the molecule is Cc1nc(N2C[C@@H]3C[C@H](C2)[C@@H]2CCC[C@H](c4ccccc4)N2C3)no1.O=CO. The molecule has 3 aliphatic heterocycles. The summed E-state index contributed by atoms with van der Waals surface area (Å²) >= 11 is 0. The van der Waals surface area contributed by atoms with Crippen molar-refractivity contribution in [3.8, 4) is 0 Å². The Morgan fingerprint density at radius 1 is 1.18 bits per heavy atom. The Hall–Kier alpha value is -2.41. The molecule has 4 heterocycles. The smallest absolute Gasteiger partial charge is 0.290 e. The number of carboxylic acid groups (broad SMARTS) is 1. The van der Waals surface area contributed by atoms with E-state index in [9.17, 15) is 0 Å². The Morgan fingerprint density at radius 3 is 2.68 bits per heavy atom. The van der Waals surface area contributed by atoms with Crippen LogP contribution in [-0.2, 0) is 4.79 Å². The van der Waals surface area contributed by atoms with Crippen LogP contribution in [0, 0.1) is 18.8 Å². The number of anilines is 1. The lowest BCUT2D eigenvalue weighted by Gasteiger charge is -2.55. The van der Waals surface area contributed by atoms with Crippen molar-refractivity contribution in [1.29, 1.82) is 0 Å². The van der Waals surface area contributed by atoms with Crippen LogP contribution in [0.4, 0.5) is 5.95 Å². The molecule has 3 saturated heterocycles. The summed E-state index contributed by atoms with van der Waals surface area (Å²) in [6.07, 6.45) is 5.33. The maximum Gasteiger partial charge on any atom is 0.290 e. The third kappa shape index (κ3) is 3.76. The topological polar surface area (TPSA) is 82.7 Å². The van der Waals surface area contributed by atoms with E-state index in [2.05, 4.69) is 50.3 Å². The zero-order valence-electron chi connectivity index (χ0n) is 16.3. The number of rotatable bonds is 2. The molecule has 3 aliphatic rings. The lowest BCUT2D eigenvalue weighted by Crippen LogP contribution is -2.59. The zero-order valence-corrected chi connectivity index (χ0v) is 16.3. The highest BCUT2D eigenvalue weighted by Gasteiger charge is 2.45. The van der Waals surface area contributed by atoms with Crippen LogP contribution in [0.1, 0.15) is 43.2 Å². The summed E-state index contributed by atoms with van der Waals surface area (Å²) in [6.45, 7) is 4.95. The summed E-state index contributed by atoms with van der Waals surface area (Å²) < 4.78 is 5.21. The van der Waals surface area contributed by atoms with Gasteiger partial charge in [-0.1, -0.05) is 30.3 Å². The van der Waals surface area contributed by atoms with E-state index in [1.54, 1.807) is 0 Å². The molecule has 0 spiro atoms. The van der Waals surface area contributed by atoms with Crippen LogP contribution in [0.15, 0.2) is 34.9 Å². The highest BCUT2D eigenvalue weighted by atomic mass is 16.5. The molecule has 0 unspecified atom stereocenters. The van der Waals surface area contributed by atoms with Crippen molar-refractivity contribution in [2.45, 2.75) is 44.7 Å². The predicted molar refractivity (Wildman–Crippen MR) is 105 cm³/mol. The van der Waals surface area contributed by atoms with Gasteiger partial charge in [-0.2, -0.15) is 4.98 Å². The number of nitrogens with zero attached hydrogens (tertiary/aromatic N) is 4. The van der Waals surface area contributed by atoms with Gasteiger partial charge in [-0.15, -0.1) is 0 Å². The number of piperidine rings is 3. The quantitative estimate of drug-likeness (QED) is 0.797. The normalized spacial score (nSPS) is 29.4.